The van der Waals surface area contributed by atoms with E-state index < -0.39 is 15.4 Å². The predicted octanol–water partition coefficient (Wildman–Crippen LogP) is 2.40. The minimum absolute atomic E-state index is 0.00567. The van der Waals surface area contributed by atoms with E-state index in [-0.39, 0.29) is 33.9 Å². The quantitative estimate of drug-likeness (QED) is 0.605. The van der Waals surface area contributed by atoms with Gasteiger partial charge in [-0.3, -0.25) is 14.3 Å². The first-order valence-electron chi connectivity index (χ1n) is 8.90. The molecule has 0 spiro atoms. The van der Waals surface area contributed by atoms with Gasteiger partial charge in [0.05, 0.1) is 29.1 Å². The number of anilines is 1. The summed E-state index contributed by atoms with van der Waals surface area (Å²) in [4.78, 5) is 29.8. The number of nitrogens with zero attached hydrogens (tertiary/aromatic N) is 5. The topological polar surface area (TPSA) is 120 Å². The van der Waals surface area contributed by atoms with Gasteiger partial charge in [-0.25, -0.2) is 18.4 Å². The summed E-state index contributed by atoms with van der Waals surface area (Å²) < 4.78 is 25.3. The number of pyridine rings is 1. The van der Waals surface area contributed by atoms with E-state index in [4.69, 9.17) is 11.6 Å². The zero-order valence-corrected chi connectivity index (χ0v) is 18.0. The predicted molar refractivity (Wildman–Crippen MR) is 111 cm³/mol. The number of halogens is 1. The van der Waals surface area contributed by atoms with Gasteiger partial charge in [-0.15, -0.1) is 0 Å². The third kappa shape index (κ3) is 4.38. The van der Waals surface area contributed by atoms with Crippen molar-refractivity contribution in [2.24, 2.45) is 0 Å². The summed E-state index contributed by atoms with van der Waals surface area (Å²) in [7, 11) is -3.31. The maximum Gasteiger partial charge on any atom is 0.295 e. The van der Waals surface area contributed by atoms with E-state index in [0.29, 0.717) is 16.9 Å². The largest absolute Gasteiger partial charge is 0.360 e. The normalized spacial score (nSPS) is 12.3. The van der Waals surface area contributed by atoms with Gasteiger partial charge < -0.3 is 5.32 Å². The molecule has 0 atom stereocenters. The molecule has 154 valence electrons. The fourth-order valence-electron chi connectivity index (χ4n) is 2.74. The summed E-state index contributed by atoms with van der Waals surface area (Å²) >= 11 is 5.90. The van der Waals surface area contributed by atoms with E-state index >= 15 is 0 Å². The summed E-state index contributed by atoms with van der Waals surface area (Å²) in [6.07, 6.45) is 2.77. The Hall–Kier alpha value is -2.59. The van der Waals surface area contributed by atoms with Crippen molar-refractivity contribution < 1.29 is 8.42 Å². The van der Waals surface area contributed by atoms with E-state index in [0.717, 1.165) is 0 Å². The Labute approximate surface area is 173 Å². The molecule has 0 radical (unpaired) electrons. The van der Waals surface area contributed by atoms with Gasteiger partial charge in [-0.1, -0.05) is 6.92 Å². The molecule has 3 heterocycles. The van der Waals surface area contributed by atoms with E-state index in [1.165, 1.54) is 23.0 Å². The standard InChI is InChI=1S/C18H21ClN6O3S/c1-5-29(27,28)12-7-6-11(20-9-12)8-21-14-16(26)25(18(2,3)4)15-13(23-14)10-22-17(19)24-15/h6-7,9-10H,5,8H2,1-4H3,(H,21,23). The summed E-state index contributed by atoms with van der Waals surface area (Å²) in [5.74, 6) is 0.122. The monoisotopic (exact) mass is 436 g/mol. The Morgan fingerprint density at radius 1 is 1.14 bits per heavy atom. The molecule has 29 heavy (non-hydrogen) atoms. The second-order valence-electron chi connectivity index (χ2n) is 7.36. The molecule has 0 fully saturated rings. The smallest absolute Gasteiger partial charge is 0.295 e. The number of rotatable bonds is 5. The van der Waals surface area contributed by atoms with Crippen molar-refractivity contribution >= 4 is 38.4 Å². The molecule has 0 aromatic carbocycles. The summed E-state index contributed by atoms with van der Waals surface area (Å²) in [6, 6.07) is 3.10. The van der Waals surface area contributed by atoms with Crippen molar-refractivity contribution in [3.05, 3.63) is 45.9 Å². The van der Waals surface area contributed by atoms with Crippen molar-refractivity contribution in [3.8, 4) is 0 Å². The molecule has 9 nitrogen and oxygen atoms in total. The molecular weight excluding hydrogens is 416 g/mol. The number of aromatic nitrogens is 5. The van der Waals surface area contributed by atoms with Gasteiger partial charge in [0.1, 0.15) is 5.52 Å². The highest BCUT2D eigenvalue weighted by Crippen LogP contribution is 2.20. The number of hydrogen-bond donors (Lipinski definition) is 1. The van der Waals surface area contributed by atoms with Gasteiger partial charge in [0.25, 0.3) is 5.56 Å². The summed E-state index contributed by atoms with van der Waals surface area (Å²) in [5.41, 5.74) is 0.408. The molecule has 1 N–H and O–H groups in total. The first-order valence-corrected chi connectivity index (χ1v) is 10.9. The van der Waals surface area contributed by atoms with Crippen LogP contribution < -0.4 is 10.9 Å². The average molecular weight is 437 g/mol. The Morgan fingerprint density at radius 2 is 1.86 bits per heavy atom. The van der Waals surface area contributed by atoms with E-state index in [1.807, 2.05) is 20.8 Å². The van der Waals surface area contributed by atoms with Crippen molar-refractivity contribution in [1.29, 1.82) is 0 Å². The molecule has 3 aromatic heterocycles. The minimum atomic E-state index is -3.31. The third-order valence-electron chi connectivity index (χ3n) is 4.21. The lowest BCUT2D eigenvalue weighted by molar-refractivity contribution is 0.395. The lowest BCUT2D eigenvalue weighted by atomic mass is 10.1. The van der Waals surface area contributed by atoms with Crippen molar-refractivity contribution in [1.82, 2.24) is 24.5 Å². The molecule has 0 aliphatic carbocycles. The van der Waals surface area contributed by atoms with Crippen LogP contribution in [-0.4, -0.2) is 38.7 Å². The van der Waals surface area contributed by atoms with Crippen LogP contribution in [0.2, 0.25) is 5.28 Å². The van der Waals surface area contributed by atoms with Crippen LogP contribution in [0.15, 0.2) is 34.2 Å². The van der Waals surface area contributed by atoms with Gasteiger partial charge in [0.15, 0.2) is 21.3 Å². The van der Waals surface area contributed by atoms with Crippen molar-refractivity contribution in [3.63, 3.8) is 0 Å². The molecule has 3 aromatic rings. The molecule has 3 rings (SSSR count). The average Bonchev–Trinajstić information content (AvgIpc) is 2.65. The highest BCUT2D eigenvalue weighted by atomic mass is 35.5. The van der Waals surface area contributed by atoms with Crippen LogP contribution in [-0.2, 0) is 21.9 Å². The fraction of sp³-hybridized carbons (Fsp3) is 0.389. The number of hydrogen-bond acceptors (Lipinski definition) is 8. The summed E-state index contributed by atoms with van der Waals surface area (Å²) in [5, 5.41) is 3.01. The van der Waals surface area contributed by atoms with Gasteiger partial charge >= 0.3 is 0 Å². The lowest BCUT2D eigenvalue weighted by Crippen LogP contribution is -2.36. The molecule has 0 saturated carbocycles. The van der Waals surface area contributed by atoms with Crippen LogP contribution in [0, 0.1) is 0 Å². The highest BCUT2D eigenvalue weighted by molar-refractivity contribution is 7.91. The SMILES string of the molecule is CCS(=O)(=O)c1ccc(CNc2nc3cnc(Cl)nc3n(C(C)(C)C)c2=O)nc1. The molecule has 0 saturated heterocycles. The molecule has 0 unspecified atom stereocenters. The number of nitrogens with one attached hydrogen (secondary N) is 1. The lowest BCUT2D eigenvalue weighted by Gasteiger charge is -2.24. The van der Waals surface area contributed by atoms with Crippen LogP contribution in [0.1, 0.15) is 33.4 Å². The molecule has 0 amide bonds. The molecule has 0 bridgehead atoms. The number of sulfone groups is 1. The first kappa shape index (κ1) is 21.1. The van der Waals surface area contributed by atoms with Crippen LogP contribution in [0.3, 0.4) is 0 Å². The molecule has 11 heteroatoms. The van der Waals surface area contributed by atoms with Gasteiger partial charge in [-0.2, -0.15) is 4.98 Å². The molecule has 0 aliphatic rings. The maximum absolute atomic E-state index is 13.0. The first-order chi connectivity index (χ1) is 13.5. The van der Waals surface area contributed by atoms with Gasteiger partial charge in [0, 0.05) is 11.7 Å². The van der Waals surface area contributed by atoms with E-state index in [9.17, 15) is 13.2 Å². The van der Waals surface area contributed by atoms with Crippen LogP contribution >= 0.6 is 11.6 Å². The Balaban J connectivity index is 1.96. The Bertz CT molecular complexity index is 1220. The zero-order chi connectivity index (χ0) is 21.4. The van der Waals surface area contributed by atoms with Crippen LogP contribution in [0.4, 0.5) is 5.82 Å². The van der Waals surface area contributed by atoms with Gasteiger partial charge in [0.2, 0.25) is 5.28 Å². The van der Waals surface area contributed by atoms with Crippen LogP contribution in [0.25, 0.3) is 11.2 Å². The van der Waals surface area contributed by atoms with E-state index in [1.54, 1.807) is 13.0 Å². The fourth-order valence-corrected chi connectivity index (χ4v) is 3.69. The van der Waals surface area contributed by atoms with Crippen molar-refractivity contribution in [2.45, 2.75) is 44.7 Å². The highest BCUT2D eigenvalue weighted by Gasteiger charge is 2.22. The van der Waals surface area contributed by atoms with E-state index in [2.05, 4.69) is 25.3 Å². The Morgan fingerprint density at radius 3 is 2.45 bits per heavy atom. The summed E-state index contributed by atoms with van der Waals surface area (Å²) in [6.45, 7) is 7.40. The Kier molecular flexibility index (Phi) is 5.59. The maximum atomic E-state index is 13.0. The molecular formula is C18H21ClN6O3S. The zero-order valence-electron chi connectivity index (χ0n) is 16.5. The molecule has 0 aliphatic heterocycles. The minimum Gasteiger partial charge on any atom is -0.360 e. The van der Waals surface area contributed by atoms with Gasteiger partial charge in [-0.05, 0) is 44.5 Å². The third-order valence-corrected chi connectivity index (χ3v) is 6.12. The second kappa shape index (κ2) is 7.68. The van der Waals surface area contributed by atoms with Crippen molar-refractivity contribution in [2.75, 3.05) is 11.1 Å². The second-order valence-corrected chi connectivity index (χ2v) is 9.98. The van der Waals surface area contributed by atoms with Crippen LogP contribution in [0.5, 0.6) is 0 Å². The number of fused-ring (bicyclic) bond motifs is 1.